The number of aromatic nitrogens is 2. The standard InChI is InChI=1S/C20H20N4O3/c1-4-24-17-9-8-14(11-16(17)22-12(2)20(24)27)19(26)23-15-7-5-6-13(10-15)18(25)21-3/h5-11H,4H2,1-3H3,(H,21,25)(H,23,26). The molecule has 27 heavy (non-hydrogen) atoms. The number of aryl methyl sites for hydroxylation is 2. The summed E-state index contributed by atoms with van der Waals surface area (Å²) in [5.74, 6) is -0.548. The zero-order chi connectivity index (χ0) is 19.6. The van der Waals surface area contributed by atoms with Gasteiger partial charge in [0.25, 0.3) is 17.4 Å². The molecule has 0 fully saturated rings. The van der Waals surface area contributed by atoms with Crippen molar-refractivity contribution in [1.29, 1.82) is 0 Å². The summed E-state index contributed by atoms with van der Waals surface area (Å²) >= 11 is 0. The Labute approximate surface area is 156 Å². The van der Waals surface area contributed by atoms with Crippen LogP contribution in [0.25, 0.3) is 11.0 Å². The Morgan fingerprint density at radius 2 is 1.81 bits per heavy atom. The van der Waals surface area contributed by atoms with Gasteiger partial charge >= 0.3 is 0 Å². The Morgan fingerprint density at radius 3 is 2.52 bits per heavy atom. The van der Waals surface area contributed by atoms with Crippen LogP contribution in [0.3, 0.4) is 0 Å². The van der Waals surface area contributed by atoms with E-state index in [0.717, 1.165) is 0 Å². The first-order chi connectivity index (χ1) is 12.9. The molecule has 2 amide bonds. The van der Waals surface area contributed by atoms with Gasteiger partial charge in [0.1, 0.15) is 5.69 Å². The van der Waals surface area contributed by atoms with Crippen molar-refractivity contribution in [2.75, 3.05) is 12.4 Å². The van der Waals surface area contributed by atoms with Crippen molar-refractivity contribution >= 4 is 28.5 Å². The van der Waals surface area contributed by atoms with Gasteiger partial charge in [0.2, 0.25) is 0 Å². The summed E-state index contributed by atoms with van der Waals surface area (Å²) in [6.45, 7) is 4.07. The molecule has 3 aromatic rings. The van der Waals surface area contributed by atoms with Gasteiger partial charge < -0.3 is 15.2 Å². The first kappa shape index (κ1) is 18.3. The normalized spacial score (nSPS) is 10.6. The molecule has 0 atom stereocenters. The largest absolute Gasteiger partial charge is 0.355 e. The third-order valence-electron chi connectivity index (χ3n) is 4.30. The second-order valence-electron chi connectivity index (χ2n) is 6.06. The van der Waals surface area contributed by atoms with E-state index >= 15 is 0 Å². The average molecular weight is 364 g/mol. The van der Waals surface area contributed by atoms with Crippen LogP contribution in [0.1, 0.15) is 33.3 Å². The molecular weight excluding hydrogens is 344 g/mol. The van der Waals surface area contributed by atoms with E-state index in [-0.39, 0.29) is 17.4 Å². The van der Waals surface area contributed by atoms with Gasteiger partial charge in [0, 0.05) is 30.4 Å². The number of fused-ring (bicyclic) bond motifs is 1. The monoisotopic (exact) mass is 364 g/mol. The Hall–Kier alpha value is -3.48. The minimum Gasteiger partial charge on any atom is -0.355 e. The minimum atomic E-state index is -0.320. The number of hydrogen-bond donors (Lipinski definition) is 2. The zero-order valence-electron chi connectivity index (χ0n) is 15.4. The van der Waals surface area contributed by atoms with E-state index in [4.69, 9.17) is 0 Å². The summed E-state index contributed by atoms with van der Waals surface area (Å²) < 4.78 is 1.63. The third kappa shape index (κ3) is 3.57. The topological polar surface area (TPSA) is 93.1 Å². The first-order valence-corrected chi connectivity index (χ1v) is 8.59. The van der Waals surface area contributed by atoms with E-state index in [9.17, 15) is 14.4 Å². The lowest BCUT2D eigenvalue weighted by molar-refractivity contribution is 0.0961. The SMILES string of the molecule is CCn1c(=O)c(C)nc2cc(C(=O)Nc3cccc(C(=O)NC)c3)ccc21. The molecule has 1 heterocycles. The van der Waals surface area contributed by atoms with Gasteiger partial charge in [-0.1, -0.05) is 6.07 Å². The summed E-state index contributed by atoms with van der Waals surface area (Å²) in [4.78, 5) is 40.8. The van der Waals surface area contributed by atoms with Crippen LogP contribution < -0.4 is 16.2 Å². The molecule has 1 aromatic heterocycles. The van der Waals surface area contributed by atoms with Crippen molar-refractivity contribution in [1.82, 2.24) is 14.9 Å². The molecular formula is C20H20N4O3. The summed E-state index contributed by atoms with van der Waals surface area (Å²) in [5, 5.41) is 5.33. The smallest absolute Gasteiger partial charge is 0.272 e. The van der Waals surface area contributed by atoms with Crippen molar-refractivity contribution in [3.63, 3.8) is 0 Å². The maximum Gasteiger partial charge on any atom is 0.272 e. The number of benzene rings is 2. The van der Waals surface area contributed by atoms with Gasteiger partial charge in [-0.25, -0.2) is 4.98 Å². The van der Waals surface area contributed by atoms with E-state index in [1.54, 1.807) is 61.0 Å². The fourth-order valence-electron chi connectivity index (χ4n) is 2.92. The van der Waals surface area contributed by atoms with Gasteiger partial charge in [-0.3, -0.25) is 14.4 Å². The van der Waals surface area contributed by atoms with Gasteiger partial charge in [-0.05, 0) is 50.2 Å². The number of amides is 2. The second-order valence-corrected chi connectivity index (χ2v) is 6.06. The van der Waals surface area contributed by atoms with Gasteiger partial charge in [0.05, 0.1) is 11.0 Å². The van der Waals surface area contributed by atoms with Gasteiger partial charge in [0.15, 0.2) is 0 Å². The number of rotatable bonds is 4. The molecule has 0 saturated heterocycles. The molecule has 0 radical (unpaired) electrons. The molecule has 0 aliphatic heterocycles. The number of hydrogen-bond acceptors (Lipinski definition) is 4. The van der Waals surface area contributed by atoms with Gasteiger partial charge in [-0.2, -0.15) is 0 Å². The van der Waals surface area contributed by atoms with Crippen molar-refractivity contribution < 1.29 is 9.59 Å². The van der Waals surface area contributed by atoms with Crippen molar-refractivity contribution in [3.05, 3.63) is 69.6 Å². The van der Waals surface area contributed by atoms with Crippen LogP contribution in [-0.4, -0.2) is 28.4 Å². The number of nitrogens with one attached hydrogen (secondary N) is 2. The molecule has 2 aromatic carbocycles. The average Bonchev–Trinajstić information content (AvgIpc) is 2.68. The molecule has 0 aliphatic carbocycles. The highest BCUT2D eigenvalue weighted by atomic mass is 16.2. The Bertz CT molecular complexity index is 1100. The van der Waals surface area contributed by atoms with Crippen LogP contribution in [-0.2, 0) is 6.54 Å². The van der Waals surface area contributed by atoms with Crippen LogP contribution in [0.4, 0.5) is 5.69 Å². The molecule has 0 unspecified atom stereocenters. The van der Waals surface area contributed by atoms with Crippen LogP contribution in [0.15, 0.2) is 47.3 Å². The Balaban J connectivity index is 1.94. The molecule has 3 rings (SSSR count). The van der Waals surface area contributed by atoms with Crippen LogP contribution >= 0.6 is 0 Å². The van der Waals surface area contributed by atoms with E-state index in [2.05, 4.69) is 15.6 Å². The Morgan fingerprint density at radius 1 is 1.07 bits per heavy atom. The molecule has 0 saturated carbocycles. The van der Waals surface area contributed by atoms with Crippen molar-refractivity contribution in [2.45, 2.75) is 20.4 Å². The summed E-state index contributed by atoms with van der Waals surface area (Å²) in [6.07, 6.45) is 0. The molecule has 0 aliphatic rings. The number of carbonyl (C=O) groups is 2. The highest BCUT2D eigenvalue weighted by molar-refractivity contribution is 6.06. The molecule has 0 spiro atoms. The zero-order valence-corrected chi connectivity index (χ0v) is 15.4. The fraction of sp³-hybridized carbons (Fsp3) is 0.200. The van der Waals surface area contributed by atoms with E-state index < -0.39 is 0 Å². The number of carbonyl (C=O) groups excluding carboxylic acids is 2. The second kappa shape index (κ2) is 7.41. The van der Waals surface area contributed by atoms with Crippen molar-refractivity contribution in [2.24, 2.45) is 0 Å². The highest BCUT2D eigenvalue weighted by Crippen LogP contribution is 2.16. The van der Waals surface area contributed by atoms with E-state index in [0.29, 0.717) is 40.1 Å². The molecule has 2 N–H and O–H groups in total. The maximum atomic E-state index is 12.6. The molecule has 0 bridgehead atoms. The summed E-state index contributed by atoms with van der Waals surface area (Å²) in [6, 6.07) is 11.7. The molecule has 7 heteroatoms. The lowest BCUT2D eigenvalue weighted by Crippen LogP contribution is -2.23. The lowest BCUT2D eigenvalue weighted by atomic mass is 10.1. The highest BCUT2D eigenvalue weighted by Gasteiger charge is 2.12. The van der Waals surface area contributed by atoms with Crippen molar-refractivity contribution in [3.8, 4) is 0 Å². The molecule has 7 nitrogen and oxygen atoms in total. The number of anilines is 1. The lowest BCUT2D eigenvalue weighted by Gasteiger charge is -2.11. The predicted molar refractivity (Wildman–Crippen MR) is 104 cm³/mol. The summed E-state index contributed by atoms with van der Waals surface area (Å²) in [7, 11) is 1.55. The van der Waals surface area contributed by atoms with E-state index in [1.807, 2.05) is 6.92 Å². The van der Waals surface area contributed by atoms with Gasteiger partial charge in [-0.15, -0.1) is 0 Å². The fourth-order valence-corrected chi connectivity index (χ4v) is 2.92. The quantitative estimate of drug-likeness (QED) is 0.743. The van der Waals surface area contributed by atoms with E-state index in [1.165, 1.54) is 0 Å². The third-order valence-corrected chi connectivity index (χ3v) is 4.30. The van der Waals surface area contributed by atoms with Crippen LogP contribution in [0, 0.1) is 6.92 Å². The van der Waals surface area contributed by atoms with Crippen LogP contribution in [0.5, 0.6) is 0 Å². The van der Waals surface area contributed by atoms with Crippen LogP contribution in [0.2, 0.25) is 0 Å². The Kier molecular flexibility index (Phi) is 5.03. The predicted octanol–water partition coefficient (Wildman–Crippen LogP) is 2.34. The molecule has 138 valence electrons. The number of nitrogens with zero attached hydrogens (tertiary/aromatic N) is 2. The maximum absolute atomic E-state index is 12.6. The minimum absolute atomic E-state index is 0.131. The first-order valence-electron chi connectivity index (χ1n) is 8.59. The summed E-state index contributed by atoms with van der Waals surface area (Å²) in [5.41, 5.74) is 2.92.